The van der Waals surface area contributed by atoms with Crippen LogP contribution in [-0.4, -0.2) is 23.7 Å². The molecule has 0 aromatic heterocycles. The van der Waals surface area contributed by atoms with Gasteiger partial charge >= 0.3 is 0 Å². The number of ether oxygens (including phenoxy) is 1. The molecule has 2 aromatic carbocycles. The molecule has 2 rings (SSSR count). The SMILES string of the molecule is COc1ccc(NC(=O)CC(C)=O)c(N=Nc2ccc([N+](=O)[O-])cc2Cl)c1. The van der Waals surface area contributed by atoms with E-state index < -0.39 is 10.8 Å². The fourth-order valence-electron chi connectivity index (χ4n) is 2.05. The van der Waals surface area contributed by atoms with Crippen LogP contribution >= 0.6 is 11.6 Å². The van der Waals surface area contributed by atoms with E-state index in [2.05, 4.69) is 15.5 Å². The number of azo groups is 1. The zero-order valence-electron chi connectivity index (χ0n) is 14.4. The molecule has 0 fully saturated rings. The van der Waals surface area contributed by atoms with Crippen LogP contribution < -0.4 is 10.1 Å². The molecule has 0 saturated carbocycles. The number of nitro benzene ring substituents is 1. The molecule has 0 heterocycles. The highest BCUT2D eigenvalue weighted by atomic mass is 35.5. The number of nitrogens with zero attached hydrogens (tertiary/aromatic N) is 3. The number of nitrogens with one attached hydrogen (secondary N) is 1. The van der Waals surface area contributed by atoms with Crippen molar-refractivity contribution in [2.75, 3.05) is 12.4 Å². The van der Waals surface area contributed by atoms with Gasteiger partial charge in [-0.1, -0.05) is 11.6 Å². The van der Waals surface area contributed by atoms with Crippen molar-refractivity contribution in [1.29, 1.82) is 0 Å². The third kappa shape index (κ3) is 5.58. The molecule has 0 spiro atoms. The quantitative estimate of drug-likeness (QED) is 0.320. The summed E-state index contributed by atoms with van der Waals surface area (Å²) in [6.45, 7) is 1.31. The molecule has 140 valence electrons. The molecule has 0 aliphatic carbocycles. The number of anilines is 1. The summed E-state index contributed by atoms with van der Waals surface area (Å²) in [6, 6.07) is 8.48. The van der Waals surface area contributed by atoms with Crippen molar-refractivity contribution < 1.29 is 19.2 Å². The van der Waals surface area contributed by atoms with Crippen molar-refractivity contribution in [3.8, 4) is 5.75 Å². The predicted octanol–water partition coefficient (Wildman–Crippen LogP) is 4.59. The van der Waals surface area contributed by atoms with Crippen molar-refractivity contribution >= 4 is 46.0 Å². The molecule has 1 amide bonds. The number of hydrogen-bond acceptors (Lipinski definition) is 7. The first-order chi connectivity index (χ1) is 12.8. The lowest BCUT2D eigenvalue weighted by molar-refractivity contribution is -0.384. The Morgan fingerprint density at radius 2 is 1.89 bits per heavy atom. The number of benzene rings is 2. The second-order valence-corrected chi connectivity index (χ2v) is 5.81. The number of ketones is 1. The van der Waals surface area contributed by atoms with Crippen LogP contribution in [0.5, 0.6) is 5.75 Å². The number of hydrogen-bond donors (Lipinski definition) is 1. The molecule has 0 saturated heterocycles. The number of halogens is 1. The lowest BCUT2D eigenvalue weighted by Crippen LogP contribution is -2.14. The zero-order chi connectivity index (χ0) is 20.0. The Hall–Kier alpha value is -3.33. The maximum Gasteiger partial charge on any atom is 0.271 e. The molecule has 0 bridgehead atoms. The molecule has 10 heteroatoms. The first-order valence-corrected chi connectivity index (χ1v) is 8.01. The average molecular weight is 391 g/mol. The summed E-state index contributed by atoms with van der Waals surface area (Å²) in [7, 11) is 1.47. The maximum atomic E-state index is 11.8. The van der Waals surface area contributed by atoms with E-state index in [0.29, 0.717) is 11.4 Å². The number of Topliss-reactive ketones (excluding diaryl/α,β-unsaturated/α-hetero) is 1. The van der Waals surface area contributed by atoms with E-state index in [1.54, 1.807) is 12.1 Å². The fourth-order valence-corrected chi connectivity index (χ4v) is 2.26. The van der Waals surface area contributed by atoms with Crippen LogP contribution in [0.15, 0.2) is 46.6 Å². The molecule has 2 aromatic rings. The molecule has 0 atom stereocenters. The summed E-state index contributed by atoms with van der Waals surface area (Å²) >= 11 is 5.99. The molecule has 1 N–H and O–H groups in total. The summed E-state index contributed by atoms with van der Waals surface area (Å²) in [5.41, 5.74) is 0.633. The van der Waals surface area contributed by atoms with Crippen LogP contribution in [-0.2, 0) is 9.59 Å². The van der Waals surface area contributed by atoms with E-state index in [-0.39, 0.29) is 34.3 Å². The van der Waals surface area contributed by atoms with E-state index in [9.17, 15) is 19.7 Å². The third-order valence-electron chi connectivity index (χ3n) is 3.30. The van der Waals surface area contributed by atoms with Crippen LogP contribution in [0.25, 0.3) is 0 Å². The van der Waals surface area contributed by atoms with Gasteiger partial charge in [0.1, 0.15) is 22.9 Å². The van der Waals surface area contributed by atoms with Gasteiger partial charge < -0.3 is 10.1 Å². The Morgan fingerprint density at radius 1 is 1.19 bits per heavy atom. The number of amides is 1. The highest BCUT2D eigenvalue weighted by molar-refractivity contribution is 6.33. The Morgan fingerprint density at radius 3 is 2.48 bits per heavy atom. The van der Waals surface area contributed by atoms with Gasteiger partial charge in [0.2, 0.25) is 5.91 Å². The molecule has 0 radical (unpaired) electrons. The molecule has 27 heavy (non-hydrogen) atoms. The Labute approximate surface area is 159 Å². The second-order valence-electron chi connectivity index (χ2n) is 5.40. The Kier molecular flexibility index (Phi) is 6.56. The topological polar surface area (TPSA) is 123 Å². The van der Waals surface area contributed by atoms with Crippen LogP contribution in [0, 0.1) is 10.1 Å². The lowest BCUT2D eigenvalue weighted by Gasteiger charge is -2.09. The van der Waals surface area contributed by atoms with Gasteiger partial charge in [0.05, 0.1) is 29.2 Å². The number of rotatable bonds is 7. The third-order valence-corrected chi connectivity index (χ3v) is 3.60. The first-order valence-electron chi connectivity index (χ1n) is 7.63. The molecular formula is C17H15ClN4O5. The van der Waals surface area contributed by atoms with Gasteiger partial charge in [-0.25, -0.2) is 0 Å². The number of non-ortho nitro benzene ring substituents is 1. The highest BCUT2D eigenvalue weighted by Crippen LogP contribution is 2.34. The summed E-state index contributed by atoms with van der Waals surface area (Å²) in [4.78, 5) is 33.1. The lowest BCUT2D eigenvalue weighted by atomic mass is 10.2. The normalized spacial score (nSPS) is 10.6. The Bertz CT molecular complexity index is 930. The molecule has 9 nitrogen and oxygen atoms in total. The minimum atomic E-state index is -0.572. The number of carbonyl (C=O) groups is 2. The van der Waals surface area contributed by atoms with Crippen molar-refractivity contribution in [1.82, 2.24) is 0 Å². The highest BCUT2D eigenvalue weighted by Gasteiger charge is 2.12. The van der Waals surface area contributed by atoms with Crippen molar-refractivity contribution in [3.63, 3.8) is 0 Å². The van der Waals surface area contributed by atoms with Gasteiger partial charge in [-0.2, -0.15) is 0 Å². The standard InChI is InChI=1S/C17H15ClN4O5/c1-10(23)7-17(24)19-15-6-4-12(27-2)9-16(15)21-20-14-5-3-11(22(25)26)8-13(14)18/h3-6,8-9H,7H2,1-2H3,(H,19,24). The van der Waals surface area contributed by atoms with E-state index in [4.69, 9.17) is 16.3 Å². The van der Waals surface area contributed by atoms with Crippen LogP contribution in [0.2, 0.25) is 5.02 Å². The molecular weight excluding hydrogens is 376 g/mol. The summed E-state index contributed by atoms with van der Waals surface area (Å²) in [5.74, 6) is -0.289. The van der Waals surface area contributed by atoms with E-state index >= 15 is 0 Å². The largest absolute Gasteiger partial charge is 0.497 e. The van der Waals surface area contributed by atoms with E-state index in [1.165, 1.54) is 32.2 Å². The van der Waals surface area contributed by atoms with Gasteiger partial charge in [0.15, 0.2) is 0 Å². The van der Waals surface area contributed by atoms with Gasteiger partial charge in [0.25, 0.3) is 5.69 Å². The minimum absolute atomic E-state index is 0.0537. The second kappa shape index (κ2) is 8.86. The number of methoxy groups -OCH3 is 1. The predicted molar refractivity (Wildman–Crippen MR) is 99.2 cm³/mol. The van der Waals surface area contributed by atoms with E-state index in [0.717, 1.165) is 6.07 Å². The molecule has 0 aliphatic heterocycles. The van der Waals surface area contributed by atoms with Gasteiger partial charge in [-0.05, 0) is 25.1 Å². The van der Waals surface area contributed by atoms with E-state index in [1.807, 2.05) is 0 Å². The summed E-state index contributed by atoms with van der Waals surface area (Å²) in [6.07, 6.45) is -0.267. The van der Waals surface area contributed by atoms with Crippen LogP contribution in [0.1, 0.15) is 13.3 Å². The van der Waals surface area contributed by atoms with Gasteiger partial charge in [-0.3, -0.25) is 19.7 Å². The monoisotopic (exact) mass is 390 g/mol. The molecule has 0 unspecified atom stereocenters. The van der Waals surface area contributed by atoms with Crippen molar-refractivity contribution in [2.45, 2.75) is 13.3 Å². The zero-order valence-corrected chi connectivity index (χ0v) is 15.2. The van der Waals surface area contributed by atoms with Gasteiger partial charge in [0, 0.05) is 18.2 Å². The Balaban J connectivity index is 2.33. The van der Waals surface area contributed by atoms with Crippen molar-refractivity contribution in [2.24, 2.45) is 10.2 Å². The minimum Gasteiger partial charge on any atom is -0.497 e. The van der Waals surface area contributed by atoms with Crippen LogP contribution in [0.4, 0.5) is 22.7 Å². The summed E-state index contributed by atoms with van der Waals surface area (Å²) in [5, 5.41) is 21.4. The summed E-state index contributed by atoms with van der Waals surface area (Å²) < 4.78 is 5.13. The molecule has 0 aliphatic rings. The maximum absolute atomic E-state index is 11.8. The van der Waals surface area contributed by atoms with Crippen LogP contribution in [0.3, 0.4) is 0 Å². The number of carbonyl (C=O) groups excluding carboxylic acids is 2. The fraction of sp³-hybridized carbons (Fsp3) is 0.176. The first kappa shape index (κ1) is 20.0. The van der Waals surface area contributed by atoms with Crippen molar-refractivity contribution in [3.05, 3.63) is 51.5 Å². The average Bonchev–Trinajstić information content (AvgIpc) is 2.60. The smallest absolute Gasteiger partial charge is 0.271 e. The number of nitro groups is 1. The van der Waals surface area contributed by atoms with Gasteiger partial charge in [-0.15, -0.1) is 10.2 Å².